The number of nitrogens with zero attached hydrogens (tertiary/aromatic N) is 1. The normalized spacial score (nSPS) is 31.5. The van der Waals surface area contributed by atoms with Gasteiger partial charge in [-0.3, -0.25) is 14.4 Å². The summed E-state index contributed by atoms with van der Waals surface area (Å²) in [7, 11) is 0. The molecule has 0 bridgehead atoms. The molecule has 0 amide bonds. The first-order valence-corrected chi connectivity index (χ1v) is 6.61. The molecular weight excluding hydrogens is 298 g/mol. The first-order valence-electron chi connectivity index (χ1n) is 6.61. The van der Waals surface area contributed by atoms with Crippen molar-refractivity contribution >= 4 is 24.1 Å². The van der Waals surface area contributed by atoms with Crippen LogP contribution in [-0.2, 0) is 33.3 Å². The Bertz CT molecular complexity index is 463. The highest BCUT2D eigenvalue weighted by atomic mass is 16.6. The van der Waals surface area contributed by atoms with Gasteiger partial charge in [0.05, 0.1) is 12.3 Å². The number of rotatable bonds is 4. The van der Waals surface area contributed by atoms with Crippen molar-refractivity contribution in [3.8, 4) is 0 Å². The summed E-state index contributed by atoms with van der Waals surface area (Å²) in [6.07, 6.45) is -3.79. The number of oxime groups is 1. The van der Waals surface area contributed by atoms with Crippen molar-refractivity contribution in [2.45, 2.75) is 58.2 Å². The van der Waals surface area contributed by atoms with Crippen molar-refractivity contribution < 1.29 is 38.5 Å². The van der Waals surface area contributed by atoms with E-state index in [2.05, 4.69) is 5.16 Å². The van der Waals surface area contributed by atoms with Crippen LogP contribution in [0.4, 0.5) is 0 Å². The Morgan fingerprint density at radius 1 is 0.955 bits per heavy atom. The highest BCUT2D eigenvalue weighted by Crippen LogP contribution is 2.28. The highest BCUT2D eigenvalue weighted by Gasteiger charge is 2.49. The maximum Gasteiger partial charge on any atom is 0.303 e. The SMILES string of the molecule is CC(=O)O[C@@H]1[C@@H](OC(C)=O)[C@H](C)O[C@H](/C=N\O)[C@@H]1OC(C)=O. The molecule has 0 aromatic rings. The third-order valence-corrected chi connectivity index (χ3v) is 2.93. The molecule has 1 saturated heterocycles. The lowest BCUT2D eigenvalue weighted by Crippen LogP contribution is -2.61. The van der Waals surface area contributed by atoms with Crippen molar-refractivity contribution in [2.24, 2.45) is 5.16 Å². The molecule has 0 spiro atoms. The van der Waals surface area contributed by atoms with Crippen molar-refractivity contribution in [2.75, 3.05) is 0 Å². The average molecular weight is 317 g/mol. The van der Waals surface area contributed by atoms with Crippen LogP contribution in [0, 0.1) is 0 Å². The van der Waals surface area contributed by atoms with Crippen LogP contribution in [-0.4, -0.2) is 59.8 Å². The first-order chi connectivity index (χ1) is 10.3. The molecule has 1 aliphatic rings. The van der Waals surface area contributed by atoms with E-state index in [0.29, 0.717) is 0 Å². The summed E-state index contributed by atoms with van der Waals surface area (Å²) in [4.78, 5) is 33.8. The Hall–Kier alpha value is -2.16. The molecule has 9 heteroatoms. The maximum atomic E-state index is 11.3. The molecule has 22 heavy (non-hydrogen) atoms. The van der Waals surface area contributed by atoms with Crippen LogP contribution in [0.1, 0.15) is 27.7 Å². The number of hydrogen-bond acceptors (Lipinski definition) is 9. The Kier molecular flexibility index (Phi) is 6.29. The van der Waals surface area contributed by atoms with E-state index in [0.717, 1.165) is 13.1 Å². The van der Waals surface area contributed by atoms with Crippen molar-refractivity contribution in [1.82, 2.24) is 0 Å². The van der Waals surface area contributed by atoms with Gasteiger partial charge in [-0.15, -0.1) is 0 Å². The van der Waals surface area contributed by atoms with Crippen molar-refractivity contribution in [1.29, 1.82) is 0 Å². The minimum Gasteiger partial charge on any atom is -0.456 e. The zero-order valence-corrected chi connectivity index (χ0v) is 12.7. The molecule has 1 heterocycles. The van der Waals surface area contributed by atoms with Gasteiger partial charge >= 0.3 is 17.9 Å². The van der Waals surface area contributed by atoms with Crippen LogP contribution >= 0.6 is 0 Å². The van der Waals surface area contributed by atoms with Gasteiger partial charge in [0.25, 0.3) is 0 Å². The molecule has 0 aromatic carbocycles. The standard InChI is InChI=1S/C13H19NO8/c1-6-11(20-7(2)15)13(22-9(4)17)12(21-8(3)16)10(19-6)5-14-18/h5-6,10-13,18H,1-4H3/b14-5-/t6-,10+,11-,12-,13+/m0/s1. The van der Waals surface area contributed by atoms with E-state index in [4.69, 9.17) is 24.2 Å². The van der Waals surface area contributed by atoms with E-state index in [1.165, 1.54) is 13.8 Å². The summed E-state index contributed by atoms with van der Waals surface area (Å²) in [6.45, 7) is 5.12. The predicted molar refractivity (Wildman–Crippen MR) is 71.3 cm³/mol. The summed E-state index contributed by atoms with van der Waals surface area (Å²) in [5, 5.41) is 11.6. The lowest BCUT2D eigenvalue weighted by Gasteiger charge is -2.42. The largest absolute Gasteiger partial charge is 0.456 e. The number of carbonyl (C=O) groups is 3. The predicted octanol–water partition coefficient (Wildman–Crippen LogP) is 0.0288. The molecule has 9 nitrogen and oxygen atoms in total. The quantitative estimate of drug-likeness (QED) is 0.253. The van der Waals surface area contributed by atoms with Gasteiger partial charge in [0.1, 0.15) is 6.10 Å². The Balaban J connectivity index is 3.15. The van der Waals surface area contributed by atoms with Crippen LogP contribution in [0.3, 0.4) is 0 Å². The van der Waals surface area contributed by atoms with Crippen LogP contribution < -0.4 is 0 Å². The monoisotopic (exact) mass is 317 g/mol. The highest BCUT2D eigenvalue weighted by molar-refractivity contribution is 5.70. The second-order valence-electron chi connectivity index (χ2n) is 4.79. The molecule has 1 fully saturated rings. The number of ether oxygens (including phenoxy) is 4. The van der Waals surface area contributed by atoms with E-state index < -0.39 is 48.4 Å². The van der Waals surface area contributed by atoms with Gasteiger partial charge in [-0.2, -0.15) is 0 Å². The van der Waals surface area contributed by atoms with Gasteiger partial charge < -0.3 is 24.2 Å². The number of hydrogen-bond donors (Lipinski definition) is 1. The summed E-state index contributed by atoms with van der Waals surface area (Å²) in [6, 6.07) is 0. The molecule has 0 radical (unpaired) electrons. The van der Waals surface area contributed by atoms with Gasteiger partial charge in [0, 0.05) is 20.8 Å². The number of carbonyl (C=O) groups excluding carboxylic acids is 3. The Morgan fingerprint density at radius 3 is 1.86 bits per heavy atom. The fourth-order valence-electron chi connectivity index (χ4n) is 2.24. The zero-order chi connectivity index (χ0) is 16.9. The van der Waals surface area contributed by atoms with Gasteiger partial charge in [-0.05, 0) is 6.92 Å². The van der Waals surface area contributed by atoms with E-state index in [1.807, 2.05) is 0 Å². The number of esters is 3. The summed E-state index contributed by atoms with van der Waals surface area (Å²) < 4.78 is 20.9. The van der Waals surface area contributed by atoms with Crippen LogP contribution in [0.25, 0.3) is 0 Å². The fourth-order valence-corrected chi connectivity index (χ4v) is 2.24. The summed E-state index contributed by atoms with van der Waals surface area (Å²) in [5.41, 5.74) is 0. The fraction of sp³-hybridized carbons (Fsp3) is 0.692. The smallest absolute Gasteiger partial charge is 0.303 e. The average Bonchev–Trinajstić information content (AvgIpc) is 2.37. The molecule has 1 N–H and O–H groups in total. The molecule has 1 aliphatic heterocycles. The minimum atomic E-state index is -1.11. The van der Waals surface area contributed by atoms with Crippen molar-refractivity contribution in [3.05, 3.63) is 0 Å². The maximum absolute atomic E-state index is 11.3. The van der Waals surface area contributed by atoms with E-state index in [9.17, 15) is 14.4 Å². The van der Waals surface area contributed by atoms with E-state index in [-0.39, 0.29) is 0 Å². The molecule has 0 aliphatic carbocycles. The second kappa shape index (κ2) is 7.74. The van der Waals surface area contributed by atoms with Crippen LogP contribution in [0.2, 0.25) is 0 Å². The van der Waals surface area contributed by atoms with E-state index in [1.54, 1.807) is 6.92 Å². The molecule has 1 rings (SSSR count). The Morgan fingerprint density at radius 2 is 1.41 bits per heavy atom. The molecule has 124 valence electrons. The molecule has 0 unspecified atom stereocenters. The van der Waals surface area contributed by atoms with E-state index >= 15 is 0 Å². The first kappa shape index (κ1) is 17.9. The third kappa shape index (κ3) is 4.69. The second-order valence-corrected chi connectivity index (χ2v) is 4.79. The van der Waals surface area contributed by atoms with Gasteiger partial charge in [0.2, 0.25) is 0 Å². The molecule has 0 saturated carbocycles. The van der Waals surface area contributed by atoms with Gasteiger partial charge in [-0.25, -0.2) is 0 Å². The Labute approximate surface area is 127 Å². The minimum absolute atomic E-state index is 0.603. The molecular formula is C13H19NO8. The third-order valence-electron chi connectivity index (χ3n) is 2.93. The van der Waals surface area contributed by atoms with Crippen LogP contribution in [0.5, 0.6) is 0 Å². The molecule has 0 aromatic heterocycles. The lowest BCUT2D eigenvalue weighted by atomic mass is 9.95. The summed E-state index contributed by atoms with van der Waals surface area (Å²) in [5.74, 6) is -1.90. The van der Waals surface area contributed by atoms with Gasteiger partial charge in [-0.1, -0.05) is 5.16 Å². The van der Waals surface area contributed by atoms with Crippen molar-refractivity contribution in [3.63, 3.8) is 0 Å². The topological polar surface area (TPSA) is 121 Å². The lowest BCUT2D eigenvalue weighted by molar-refractivity contribution is -0.232. The summed E-state index contributed by atoms with van der Waals surface area (Å²) >= 11 is 0. The zero-order valence-electron chi connectivity index (χ0n) is 12.7. The van der Waals surface area contributed by atoms with Crippen LogP contribution in [0.15, 0.2) is 5.16 Å². The van der Waals surface area contributed by atoms with Gasteiger partial charge in [0.15, 0.2) is 18.3 Å². The molecule has 5 atom stereocenters.